The number of anilines is 2. The van der Waals surface area contributed by atoms with Crippen molar-refractivity contribution in [3.8, 4) is 0 Å². The Morgan fingerprint density at radius 1 is 1.23 bits per heavy atom. The second-order valence-corrected chi connectivity index (χ2v) is 6.20. The van der Waals surface area contributed by atoms with E-state index in [4.69, 9.17) is 0 Å². The molecule has 6 nitrogen and oxygen atoms in total. The SMILES string of the molecule is Cc1ccnc(N(C)C2CN(c3cc4c(nn3)CCC4)C2)n1. The van der Waals surface area contributed by atoms with E-state index in [1.165, 1.54) is 17.7 Å². The third kappa shape index (κ3) is 2.28. The minimum Gasteiger partial charge on any atom is -0.351 e. The van der Waals surface area contributed by atoms with Gasteiger partial charge in [-0.2, -0.15) is 5.10 Å². The molecular weight excluding hydrogens is 276 g/mol. The van der Waals surface area contributed by atoms with Crippen LogP contribution in [0, 0.1) is 6.92 Å². The Hall–Kier alpha value is -2.24. The van der Waals surface area contributed by atoms with Crippen LogP contribution in [-0.2, 0) is 12.8 Å². The molecule has 2 aliphatic rings. The van der Waals surface area contributed by atoms with E-state index in [-0.39, 0.29) is 0 Å². The molecule has 1 saturated heterocycles. The topological polar surface area (TPSA) is 58.0 Å². The standard InChI is InChI=1S/C16H20N6/c1-11-6-7-17-16(18-11)21(2)13-9-22(10-13)15-8-12-4-3-5-14(12)19-20-15/h6-8,13H,3-5,9-10H2,1-2H3. The van der Waals surface area contributed by atoms with E-state index in [0.29, 0.717) is 6.04 Å². The Morgan fingerprint density at radius 3 is 2.91 bits per heavy atom. The fourth-order valence-corrected chi connectivity index (χ4v) is 3.13. The van der Waals surface area contributed by atoms with Gasteiger partial charge in [-0.25, -0.2) is 9.97 Å². The smallest absolute Gasteiger partial charge is 0.225 e. The number of hydrogen-bond donors (Lipinski definition) is 0. The summed E-state index contributed by atoms with van der Waals surface area (Å²) >= 11 is 0. The summed E-state index contributed by atoms with van der Waals surface area (Å²) in [7, 11) is 2.06. The molecule has 0 atom stereocenters. The summed E-state index contributed by atoms with van der Waals surface area (Å²) in [6.45, 7) is 3.88. The highest BCUT2D eigenvalue weighted by atomic mass is 15.4. The van der Waals surface area contributed by atoms with Crippen LogP contribution in [0.5, 0.6) is 0 Å². The molecule has 114 valence electrons. The lowest BCUT2D eigenvalue weighted by Crippen LogP contribution is -2.59. The van der Waals surface area contributed by atoms with Gasteiger partial charge in [-0.3, -0.25) is 0 Å². The number of likely N-dealkylation sites (N-methyl/N-ethyl adjacent to an activating group) is 1. The van der Waals surface area contributed by atoms with Gasteiger partial charge in [-0.15, -0.1) is 5.10 Å². The molecule has 1 aliphatic heterocycles. The van der Waals surface area contributed by atoms with E-state index >= 15 is 0 Å². The monoisotopic (exact) mass is 296 g/mol. The molecule has 2 aromatic heterocycles. The molecule has 0 aromatic carbocycles. The van der Waals surface area contributed by atoms with Crippen LogP contribution in [0.2, 0.25) is 0 Å². The summed E-state index contributed by atoms with van der Waals surface area (Å²) < 4.78 is 0. The largest absolute Gasteiger partial charge is 0.351 e. The van der Waals surface area contributed by atoms with Crippen LogP contribution in [0.3, 0.4) is 0 Å². The first-order valence-corrected chi connectivity index (χ1v) is 7.83. The summed E-state index contributed by atoms with van der Waals surface area (Å²) in [4.78, 5) is 13.3. The number of hydrogen-bond acceptors (Lipinski definition) is 6. The quantitative estimate of drug-likeness (QED) is 0.853. The maximum absolute atomic E-state index is 4.49. The second-order valence-electron chi connectivity index (χ2n) is 6.20. The molecule has 3 heterocycles. The zero-order valence-corrected chi connectivity index (χ0v) is 13.0. The van der Waals surface area contributed by atoms with Crippen LogP contribution >= 0.6 is 0 Å². The molecule has 0 bridgehead atoms. The molecule has 6 heteroatoms. The molecule has 1 aliphatic carbocycles. The van der Waals surface area contributed by atoms with Crippen molar-refractivity contribution in [1.82, 2.24) is 20.2 Å². The predicted molar refractivity (Wildman–Crippen MR) is 85.2 cm³/mol. The van der Waals surface area contributed by atoms with E-state index in [1.807, 2.05) is 19.2 Å². The molecule has 0 saturated carbocycles. The highest BCUT2D eigenvalue weighted by molar-refractivity contribution is 5.48. The Balaban J connectivity index is 1.43. The third-order valence-electron chi connectivity index (χ3n) is 4.64. The van der Waals surface area contributed by atoms with E-state index in [0.717, 1.165) is 43.4 Å². The van der Waals surface area contributed by atoms with Gasteiger partial charge in [0, 0.05) is 32.0 Å². The summed E-state index contributed by atoms with van der Waals surface area (Å²) in [5.74, 6) is 1.81. The minimum absolute atomic E-state index is 0.428. The van der Waals surface area contributed by atoms with Gasteiger partial charge in [0.2, 0.25) is 5.95 Å². The van der Waals surface area contributed by atoms with Crippen LogP contribution in [0.1, 0.15) is 23.4 Å². The molecule has 0 amide bonds. The van der Waals surface area contributed by atoms with Crippen LogP contribution < -0.4 is 9.80 Å². The first-order valence-electron chi connectivity index (χ1n) is 7.83. The predicted octanol–water partition coefficient (Wildman–Crippen LogP) is 1.39. The Bertz CT molecular complexity index is 695. The van der Waals surface area contributed by atoms with Gasteiger partial charge >= 0.3 is 0 Å². The van der Waals surface area contributed by atoms with Crippen LogP contribution in [0.25, 0.3) is 0 Å². The van der Waals surface area contributed by atoms with Crippen molar-refractivity contribution in [1.29, 1.82) is 0 Å². The Kier molecular flexibility index (Phi) is 3.17. The van der Waals surface area contributed by atoms with Crippen molar-refractivity contribution in [2.24, 2.45) is 0 Å². The summed E-state index contributed by atoms with van der Waals surface area (Å²) in [5.41, 5.74) is 3.56. The Labute approximate surface area is 130 Å². The van der Waals surface area contributed by atoms with Crippen molar-refractivity contribution in [3.05, 3.63) is 35.3 Å². The summed E-state index contributed by atoms with van der Waals surface area (Å²) in [6, 6.07) is 4.57. The van der Waals surface area contributed by atoms with Crippen molar-refractivity contribution in [2.45, 2.75) is 32.2 Å². The number of nitrogens with zero attached hydrogens (tertiary/aromatic N) is 6. The zero-order valence-electron chi connectivity index (χ0n) is 13.0. The molecule has 0 spiro atoms. The molecule has 22 heavy (non-hydrogen) atoms. The van der Waals surface area contributed by atoms with E-state index in [1.54, 1.807) is 0 Å². The van der Waals surface area contributed by atoms with Gasteiger partial charge < -0.3 is 9.80 Å². The van der Waals surface area contributed by atoms with Crippen molar-refractivity contribution in [3.63, 3.8) is 0 Å². The number of fused-ring (bicyclic) bond motifs is 1. The third-order valence-corrected chi connectivity index (χ3v) is 4.64. The fraction of sp³-hybridized carbons (Fsp3) is 0.500. The lowest BCUT2D eigenvalue weighted by molar-refractivity contribution is 0.484. The molecule has 4 rings (SSSR count). The average molecular weight is 296 g/mol. The highest BCUT2D eigenvalue weighted by Crippen LogP contribution is 2.27. The first kappa shape index (κ1) is 13.4. The molecule has 0 N–H and O–H groups in total. The molecule has 1 fully saturated rings. The average Bonchev–Trinajstić information content (AvgIpc) is 2.93. The van der Waals surface area contributed by atoms with E-state index < -0.39 is 0 Å². The normalized spacial score (nSPS) is 17.3. The lowest BCUT2D eigenvalue weighted by atomic mass is 10.1. The summed E-state index contributed by atoms with van der Waals surface area (Å²) in [5, 5.41) is 8.75. The van der Waals surface area contributed by atoms with Crippen molar-refractivity contribution in [2.75, 3.05) is 29.9 Å². The lowest BCUT2D eigenvalue weighted by Gasteiger charge is -2.44. The fourth-order valence-electron chi connectivity index (χ4n) is 3.13. The van der Waals surface area contributed by atoms with Crippen molar-refractivity contribution >= 4 is 11.8 Å². The van der Waals surface area contributed by atoms with Gasteiger partial charge in [0.1, 0.15) is 0 Å². The van der Waals surface area contributed by atoms with Gasteiger partial charge in [0.05, 0.1) is 11.7 Å². The summed E-state index contributed by atoms with van der Waals surface area (Å²) in [6.07, 6.45) is 5.25. The van der Waals surface area contributed by atoms with Crippen LogP contribution in [0.4, 0.5) is 11.8 Å². The molecule has 2 aromatic rings. The van der Waals surface area contributed by atoms with Gasteiger partial charge in [0.15, 0.2) is 5.82 Å². The maximum atomic E-state index is 4.49. The minimum atomic E-state index is 0.428. The molecular formula is C16H20N6. The molecule has 0 radical (unpaired) electrons. The van der Waals surface area contributed by atoms with Gasteiger partial charge in [-0.1, -0.05) is 0 Å². The first-order chi connectivity index (χ1) is 10.7. The zero-order chi connectivity index (χ0) is 15.1. The highest BCUT2D eigenvalue weighted by Gasteiger charge is 2.33. The van der Waals surface area contributed by atoms with Crippen molar-refractivity contribution < 1.29 is 0 Å². The number of aryl methyl sites for hydroxylation is 3. The second kappa shape index (κ2) is 5.19. The van der Waals surface area contributed by atoms with E-state index in [9.17, 15) is 0 Å². The van der Waals surface area contributed by atoms with Gasteiger partial charge in [-0.05, 0) is 43.9 Å². The van der Waals surface area contributed by atoms with Crippen LogP contribution in [0.15, 0.2) is 18.3 Å². The maximum Gasteiger partial charge on any atom is 0.225 e. The molecule has 0 unspecified atom stereocenters. The van der Waals surface area contributed by atoms with E-state index in [2.05, 4.69) is 43.1 Å². The number of aromatic nitrogens is 4. The number of rotatable bonds is 3. The van der Waals surface area contributed by atoms with Gasteiger partial charge in [0.25, 0.3) is 0 Å². The Morgan fingerprint density at radius 2 is 2.09 bits per heavy atom. The van der Waals surface area contributed by atoms with Crippen LogP contribution in [-0.4, -0.2) is 46.3 Å².